The summed E-state index contributed by atoms with van der Waals surface area (Å²) in [6.45, 7) is 2.77. The molecule has 0 aromatic heterocycles. The van der Waals surface area contributed by atoms with Crippen LogP contribution in [0.5, 0.6) is 0 Å². The van der Waals surface area contributed by atoms with Gasteiger partial charge >= 0.3 is 11.9 Å². The molecule has 136 valence electrons. The molecule has 1 fully saturated rings. The number of carbonyl (C=O) groups is 3. The Balaban J connectivity index is 2.37. The third kappa shape index (κ3) is 3.93. The molecule has 0 aliphatic carbocycles. The van der Waals surface area contributed by atoms with Crippen molar-refractivity contribution in [2.75, 3.05) is 7.05 Å². The van der Waals surface area contributed by atoms with Crippen LogP contribution in [-0.2, 0) is 14.4 Å². The van der Waals surface area contributed by atoms with Crippen molar-refractivity contribution in [3.63, 3.8) is 0 Å². The van der Waals surface area contributed by atoms with E-state index < -0.39 is 41.4 Å². The normalized spacial score (nSPS) is 24.1. The lowest BCUT2D eigenvalue weighted by Gasteiger charge is -2.29. The lowest BCUT2D eigenvalue weighted by Crippen LogP contribution is -2.52. The zero-order valence-electron chi connectivity index (χ0n) is 14.2. The van der Waals surface area contributed by atoms with Gasteiger partial charge in [-0.1, -0.05) is 23.7 Å². The van der Waals surface area contributed by atoms with Gasteiger partial charge in [0.15, 0.2) is 0 Å². The Hall–Kier alpha value is -2.12. The third-order valence-corrected chi connectivity index (χ3v) is 4.81. The maximum atomic E-state index is 12.7. The molecule has 1 amide bonds. The van der Waals surface area contributed by atoms with E-state index in [0.717, 1.165) is 0 Å². The Morgan fingerprint density at radius 3 is 2.44 bits per heavy atom. The van der Waals surface area contributed by atoms with Crippen molar-refractivity contribution in [1.29, 1.82) is 0 Å². The fraction of sp³-hybridized carbons (Fsp3) is 0.471. The molecule has 1 aromatic carbocycles. The van der Waals surface area contributed by atoms with Crippen LogP contribution in [0, 0.1) is 5.92 Å². The predicted molar refractivity (Wildman–Crippen MR) is 91.3 cm³/mol. The molecule has 0 spiro atoms. The highest BCUT2D eigenvalue weighted by atomic mass is 35.5. The number of carboxylic acid groups (broad SMARTS) is 2. The lowest BCUT2D eigenvalue weighted by molar-refractivity contribution is -0.147. The smallest absolute Gasteiger partial charge is 0.328 e. The Bertz CT molecular complexity index is 706. The van der Waals surface area contributed by atoms with Crippen molar-refractivity contribution in [3.8, 4) is 0 Å². The Labute approximate surface area is 150 Å². The summed E-state index contributed by atoms with van der Waals surface area (Å²) < 4.78 is 0. The van der Waals surface area contributed by atoms with Gasteiger partial charge in [0, 0.05) is 11.1 Å². The molecule has 0 unspecified atom stereocenters. The van der Waals surface area contributed by atoms with Gasteiger partial charge in [0.25, 0.3) is 0 Å². The molecule has 7 nitrogen and oxygen atoms in total. The van der Waals surface area contributed by atoms with Crippen molar-refractivity contribution < 1.29 is 24.6 Å². The lowest BCUT2D eigenvalue weighted by atomic mass is 9.91. The average Bonchev–Trinajstić information content (AvgIpc) is 2.84. The second-order valence-electron chi connectivity index (χ2n) is 6.78. The van der Waals surface area contributed by atoms with Gasteiger partial charge in [0.1, 0.15) is 11.6 Å². The van der Waals surface area contributed by atoms with Crippen molar-refractivity contribution >= 4 is 29.4 Å². The number of likely N-dealkylation sites (tertiary alicyclic amines) is 1. The van der Waals surface area contributed by atoms with Crippen LogP contribution >= 0.6 is 11.6 Å². The summed E-state index contributed by atoms with van der Waals surface area (Å²) in [6, 6.07) is 5.54. The summed E-state index contributed by atoms with van der Waals surface area (Å²) in [5.41, 5.74) is -0.734. The first kappa shape index (κ1) is 19.2. The summed E-state index contributed by atoms with van der Waals surface area (Å²) in [6.07, 6.45) is 0.0878. The molecular formula is C17H21ClN2O5. The fourth-order valence-corrected chi connectivity index (χ4v) is 3.35. The minimum absolute atomic E-state index is 0.0878. The fourth-order valence-electron chi connectivity index (χ4n) is 3.15. The number of carboxylic acids is 2. The third-order valence-electron chi connectivity index (χ3n) is 4.57. The van der Waals surface area contributed by atoms with Crippen LogP contribution in [0.1, 0.15) is 31.9 Å². The monoisotopic (exact) mass is 368 g/mol. The van der Waals surface area contributed by atoms with E-state index in [-0.39, 0.29) is 6.42 Å². The van der Waals surface area contributed by atoms with E-state index in [1.165, 1.54) is 13.8 Å². The first-order valence-electron chi connectivity index (χ1n) is 7.80. The average molecular weight is 369 g/mol. The maximum Gasteiger partial charge on any atom is 0.328 e. The molecule has 1 heterocycles. The number of nitrogens with one attached hydrogen (secondary N) is 1. The van der Waals surface area contributed by atoms with E-state index in [0.29, 0.717) is 10.6 Å². The summed E-state index contributed by atoms with van der Waals surface area (Å²) in [4.78, 5) is 37.1. The number of nitrogens with zero attached hydrogens (tertiary/aromatic N) is 1. The molecular weight excluding hydrogens is 348 g/mol. The summed E-state index contributed by atoms with van der Waals surface area (Å²) >= 11 is 6.03. The number of hydrogen-bond acceptors (Lipinski definition) is 4. The topological polar surface area (TPSA) is 107 Å². The van der Waals surface area contributed by atoms with Crippen molar-refractivity contribution in [1.82, 2.24) is 10.2 Å². The standard InChI is InChI=1S/C17H21ClN2O5/c1-17(2,16(24)25)19-14(21)11-8-12(15(22)23)20(3)13(11)9-5-4-6-10(18)7-9/h4-7,11-13H,8H2,1-3H3,(H,19,21)(H,22,23)(H,24,25)/t11-,12-,13-/m0/s1. The largest absolute Gasteiger partial charge is 0.480 e. The summed E-state index contributed by atoms with van der Waals surface area (Å²) in [5, 5.41) is 21.6. The van der Waals surface area contributed by atoms with Crippen LogP contribution in [0.3, 0.4) is 0 Å². The van der Waals surface area contributed by atoms with Crippen molar-refractivity contribution in [2.24, 2.45) is 5.92 Å². The van der Waals surface area contributed by atoms with Gasteiger partial charge in [-0.3, -0.25) is 14.5 Å². The van der Waals surface area contributed by atoms with Crippen LogP contribution < -0.4 is 5.32 Å². The molecule has 1 aliphatic heterocycles. The number of aliphatic carboxylic acids is 2. The van der Waals surface area contributed by atoms with Crippen LogP contribution in [0.15, 0.2) is 24.3 Å². The summed E-state index contributed by atoms with van der Waals surface area (Å²) in [5.74, 6) is -3.39. The zero-order chi connectivity index (χ0) is 18.9. The molecule has 0 saturated carbocycles. The van der Waals surface area contributed by atoms with Gasteiger partial charge in [0.2, 0.25) is 5.91 Å². The Kier molecular flexibility index (Phi) is 5.39. The van der Waals surface area contributed by atoms with E-state index in [1.807, 2.05) is 0 Å². The molecule has 3 atom stereocenters. The number of benzene rings is 1. The van der Waals surface area contributed by atoms with Gasteiger partial charge in [0.05, 0.1) is 5.92 Å². The number of rotatable bonds is 5. The van der Waals surface area contributed by atoms with Crippen molar-refractivity contribution in [2.45, 2.75) is 37.9 Å². The van der Waals surface area contributed by atoms with Crippen LogP contribution in [-0.4, -0.2) is 51.6 Å². The highest BCUT2D eigenvalue weighted by Crippen LogP contribution is 2.41. The second-order valence-corrected chi connectivity index (χ2v) is 7.22. The molecule has 25 heavy (non-hydrogen) atoms. The van der Waals surface area contributed by atoms with E-state index in [9.17, 15) is 24.6 Å². The van der Waals surface area contributed by atoms with E-state index in [2.05, 4.69) is 5.32 Å². The first-order chi connectivity index (χ1) is 11.5. The van der Waals surface area contributed by atoms with Gasteiger partial charge in [-0.15, -0.1) is 0 Å². The second kappa shape index (κ2) is 7.01. The SMILES string of the molecule is CN1[C@H](C(=O)O)C[C@H](C(=O)NC(C)(C)C(=O)O)[C@@H]1c1cccc(Cl)c1. The number of carbonyl (C=O) groups excluding carboxylic acids is 1. The number of hydrogen-bond donors (Lipinski definition) is 3. The van der Waals surface area contributed by atoms with E-state index in [1.54, 1.807) is 36.2 Å². The zero-order valence-corrected chi connectivity index (χ0v) is 14.9. The van der Waals surface area contributed by atoms with Gasteiger partial charge < -0.3 is 15.5 Å². The van der Waals surface area contributed by atoms with Gasteiger partial charge in [-0.05, 0) is 45.0 Å². The molecule has 8 heteroatoms. The van der Waals surface area contributed by atoms with Gasteiger partial charge in [-0.25, -0.2) is 4.79 Å². The Morgan fingerprint density at radius 2 is 1.92 bits per heavy atom. The minimum atomic E-state index is -1.45. The first-order valence-corrected chi connectivity index (χ1v) is 8.18. The van der Waals surface area contributed by atoms with Gasteiger partial charge in [-0.2, -0.15) is 0 Å². The molecule has 3 N–H and O–H groups in total. The number of amides is 1. The summed E-state index contributed by atoms with van der Waals surface area (Å²) in [7, 11) is 1.64. The maximum absolute atomic E-state index is 12.7. The molecule has 2 rings (SSSR count). The Morgan fingerprint density at radius 1 is 1.28 bits per heavy atom. The van der Waals surface area contributed by atoms with Crippen LogP contribution in [0.2, 0.25) is 5.02 Å². The predicted octanol–water partition coefficient (Wildman–Crippen LogP) is 1.77. The van der Waals surface area contributed by atoms with Crippen molar-refractivity contribution in [3.05, 3.63) is 34.9 Å². The highest BCUT2D eigenvalue weighted by Gasteiger charge is 2.47. The van der Waals surface area contributed by atoms with Crippen LogP contribution in [0.4, 0.5) is 0 Å². The van der Waals surface area contributed by atoms with E-state index >= 15 is 0 Å². The molecule has 1 saturated heterocycles. The highest BCUT2D eigenvalue weighted by molar-refractivity contribution is 6.30. The van der Waals surface area contributed by atoms with E-state index in [4.69, 9.17) is 11.6 Å². The molecule has 0 bridgehead atoms. The quantitative estimate of drug-likeness (QED) is 0.731. The molecule has 0 radical (unpaired) electrons. The number of halogens is 1. The molecule has 1 aliphatic rings. The molecule has 1 aromatic rings. The van der Waals surface area contributed by atoms with Crippen LogP contribution in [0.25, 0.3) is 0 Å². The number of likely N-dealkylation sites (N-methyl/N-ethyl adjacent to an activating group) is 1. The minimum Gasteiger partial charge on any atom is -0.480 e.